The lowest BCUT2D eigenvalue weighted by Crippen LogP contribution is -1.94. The number of aliphatic imine (C=N–C) groups is 1. The molecule has 0 aliphatic carbocycles. The van der Waals surface area contributed by atoms with Crippen molar-refractivity contribution >= 4 is 5.71 Å². The van der Waals surface area contributed by atoms with Crippen molar-refractivity contribution in [3.63, 3.8) is 0 Å². The van der Waals surface area contributed by atoms with E-state index in [2.05, 4.69) is 4.99 Å². The molecule has 8 heavy (non-hydrogen) atoms. The Morgan fingerprint density at radius 1 is 1.75 bits per heavy atom. The average molecular weight is 116 g/mol. The van der Waals surface area contributed by atoms with E-state index in [1.165, 1.54) is 7.05 Å². The molecule has 2 N–H and O–H groups in total. The molecular weight excluding hydrogens is 107 g/mol. The summed E-state index contributed by atoms with van der Waals surface area (Å²) in [5.41, 5.74) is 5.16. The molecule has 46 valence electrons. The fraction of sp³-hybridized carbons (Fsp3) is 0.400. The standard InChI is InChI=1S/C5H9FN2/c1-4(8-2)5(6)3-7/h3H,7H2,1-2H3/b5-3+,8-4?. The number of nitrogens with zero attached hydrogens (tertiary/aromatic N) is 1. The Morgan fingerprint density at radius 3 is 2.38 bits per heavy atom. The molecule has 0 rings (SSSR count). The van der Waals surface area contributed by atoms with Crippen molar-refractivity contribution in [2.45, 2.75) is 6.92 Å². The van der Waals surface area contributed by atoms with Crippen molar-refractivity contribution in [2.75, 3.05) is 7.05 Å². The van der Waals surface area contributed by atoms with Crippen LogP contribution in [0.25, 0.3) is 0 Å². The minimum absolute atomic E-state index is 0.326. The SMILES string of the molecule is CN=C(C)/C(F)=C\N. The van der Waals surface area contributed by atoms with Gasteiger partial charge in [0.15, 0.2) is 5.83 Å². The zero-order chi connectivity index (χ0) is 6.57. The summed E-state index contributed by atoms with van der Waals surface area (Å²) in [4.78, 5) is 3.55. The molecule has 0 saturated heterocycles. The molecule has 3 heteroatoms. The first-order valence-corrected chi connectivity index (χ1v) is 2.23. The number of rotatable bonds is 1. The van der Waals surface area contributed by atoms with Crippen LogP contribution in [0.1, 0.15) is 6.92 Å². The highest BCUT2D eigenvalue weighted by molar-refractivity contribution is 5.95. The molecular formula is C5H9FN2. The lowest BCUT2D eigenvalue weighted by atomic mass is 10.4. The minimum atomic E-state index is -0.465. The van der Waals surface area contributed by atoms with Gasteiger partial charge in [0.25, 0.3) is 0 Å². The molecule has 0 unspecified atom stereocenters. The van der Waals surface area contributed by atoms with Crippen LogP contribution in [0.15, 0.2) is 17.0 Å². The van der Waals surface area contributed by atoms with Gasteiger partial charge in [0.1, 0.15) is 0 Å². The predicted octanol–water partition coefficient (Wildman–Crippen LogP) is 0.847. The largest absolute Gasteiger partial charge is 0.402 e. The predicted molar refractivity (Wildman–Crippen MR) is 32.4 cm³/mol. The zero-order valence-electron chi connectivity index (χ0n) is 4.98. The quantitative estimate of drug-likeness (QED) is 0.507. The van der Waals surface area contributed by atoms with Crippen LogP contribution in [0.4, 0.5) is 4.39 Å². The smallest absolute Gasteiger partial charge is 0.159 e. The summed E-state index contributed by atoms with van der Waals surface area (Å²) >= 11 is 0. The Kier molecular flexibility index (Phi) is 2.84. The van der Waals surface area contributed by atoms with Crippen molar-refractivity contribution < 1.29 is 4.39 Å². The van der Waals surface area contributed by atoms with E-state index in [0.29, 0.717) is 5.71 Å². The van der Waals surface area contributed by atoms with Crippen LogP contribution in [0, 0.1) is 0 Å². The van der Waals surface area contributed by atoms with Gasteiger partial charge in [0.2, 0.25) is 0 Å². The van der Waals surface area contributed by atoms with Gasteiger partial charge in [-0.3, -0.25) is 4.99 Å². The van der Waals surface area contributed by atoms with E-state index in [1.807, 2.05) is 0 Å². The number of nitrogens with two attached hydrogens (primary N) is 1. The maximum absolute atomic E-state index is 12.1. The van der Waals surface area contributed by atoms with Crippen LogP contribution in [-0.2, 0) is 0 Å². The zero-order valence-corrected chi connectivity index (χ0v) is 4.98. The molecule has 2 nitrogen and oxygen atoms in total. The van der Waals surface area contributed by atoms with E-state index >= 15 is 0 Å². The average Bonchev–Trinajstić information content (AvgIpc) is 1.84. The molecule has 0 radical (unpaired) electrons. The van der Waals surface area contributed by atoms with Gasteiger partial charge in [-0.1, -0.05) is 0 Å². The van der Waals surface area contributed by atoms with Crippen LogP contribution in [0.5, 0.6) is 0 Å². The molecule has 0 aliphatic heterocycles. The van der Waals surface area contributed by atoms with E-state index < -0.39 is 5.83 Å². The van der Waals surface area contributed by atoms with Gasteiger partial charge in [-0.2, -0.15) is 0 Å². The van der Waals surface area contributed by atoms with Crippen LogP contribution in [0.2, 0.25) is 0 Å². The third-order valence-electron chi connectivity index (χ3n) is 0.827. The van der Waals surface area contributed by atoms with Crippen molar-refractivity contribution in [2.24, 2.45) is 10.7 Å². The van der Waals surface area contributed by atoms with Crippen molar-refractivity contribution in [3.05, 3.63) is 12.0 Å². The van der Waals surface area contributed by atoms with Gasteiger partial charge in [-0.15, -0.1) is 0 Å². The molecule has 0 aromatic rings. The van der Waals surface area contributed by atoms with Crippen LogP contribution in [-0.4, -0.2) is 12.8 Å². The normalized spacial score (nSPS) is 14.4. The summed E-state index contributed by atoms with van der Waals surface area (Å²) in [6, 6.07) is 0. The number of hydrogen-bond acceptors (Lipinski definition) is 2. The molecule has 0 aliphatic rings. The third-order valence-corrected chi connectivity index (χ3v) is 0.827. The third kappa shape index (κ3) is 1.73. The van der Waals surface area contributed by atoms with Gasteiger partial charge in [0.05, 0.1) is 5.71 Å². The van der Waals surface area contributed by atoms with Gasteiger partial charge in [-0.25, -0.2) is 4.39 Å². The summed E-state index contributed by atoms with van der Waals surface area (Å²) < 4.78 is 12.1. The Bertz CT molecular complexity index is 110. The summed E-state index contributed by atoms with van der Waals surface area (Å²) in [5.74, 6) is -0.465. The van der Waals surface area contributed by atoms with Crippen molar-refractivity contribution in [3.8, 4) is 0 Å². The summed E-state index contributed by atoms with van der Waals surface area (Å²) in [6.07, 6.45) is 0.891. The summed E-state index contributed by atoms with van der Waals surface area (Å²) in [5, 5.41) is 0. The highest BCUT2D eigenvalue weighted by Crippen LogP contribution is 1.94. The van der Waals surface area contributed by atoms with Crippen molar-refractivity contribution in [1.82, 2.24) is 0 Å². The number of allylic oxidation sites excluding steroid dienone is 1. The second-order valence-corrected chi connectivity index (χ2v) is 1.32. The first-order chi connectivity index (χ1) is 3.72. The maximum Gasteiger partial charge on any atom is 0.159 e. The van der Waals surface area contributed by atoms with Crippen LogP contribution >= 0.6 is 0 Å². The van der Waals surface area contributed by atoms with E-state index in [1.54, 1.807) is 6.92 Å². The molecule has 0 spiro atoms. The number of hydrogen-bond donors (Lipinski definition) is 1. The minimum Gasteiger partial charge on any atom is -0.402 e. The highest BCUT2D eigenvalue weighted by atomic mass is 19.1. The molecule has 0 atom stereocenters. The van der Waals surface area contributed by atoms with E-state index in [9.17, 15) is 4.39 Å². The van der Waals surface area contributed by atoms with Crippen LogP contribution < -0.4 is 5.73 Å². The van der Waals surface area contributed by atoms with E-state index in [0.717, 1.165) is 6.20 Å². The fourth-order valence-corrected chi connectivity index (χ4v) is 0.227. The molecule has 0 aromatic heterocycles. The fourth-order valence-electron chi connectivity index (χ4n) is 0.227. The van der Waals surface area contributed by atoms with Gasteiger partial charge in [0, 0.05) is 13.2 Å². The first-order valence-electron chi connectivity index (χ1n) is 2.23. The topological polar surface area (TPSA) is 38.4 Å². The van der Waals surface area contributed by atoms with Gasteiger partial charge < -0.3 is 5.73 Å². The first kappa shape index (κ1) is 7.14. The highest BCUT2D eigenvalue weighted by Gasteiger charge is 1.93. The Labute approximate surface area is 47.9 Å². The Morgan fingerprint density at radius 2 is 2.25 bits per heavy atom. The lowest BCUT2D eigenvalue weighted by Gasteiger charge is -1.89. The second-order valence-electron chi connectivity index (χ2n) is 1.32. The molecule has 0 saturated carbocycles. The molecule has 0 amide bonds. The van der Waals surface area contributed by atoms with Crippen molar-refractivity contribution in [1.29, 1.82) is 0 Å². The maximum atomic E-state index is 12.1. The van der Waals surface area contributed by atoms with E-state index in [-0.39, 0.29) is 0 Å². The molecule has 0 fully saturated rings. The Balaban J connectivity index is 4.04. The molecule has 0 heterocycles. The summed E-state index contributed by atoms with van der Waals surface area (Å²) in [6.45, 7) is 1.55. The summed E-state index contributed by atoms with van der Waals surface area (Å²) in [7, 11) is 1.51. The lowest BCUT2D eigenvalue weighted by molar-refractivity contribution is 0.676. The Hall–Kier alpha value is -0.860. The van der Waals surface area contributed by atoms with Gasteiger partial charge >= 0.3 is 0 Å². The number of halogens is 1. The monoisotopic (exact) mass is 116 g/mol. The second kappa shape index (κ2) is 3.18. The van der Waals surface area contributed by atoms with E-state index in [4.69, 9.17) is 5.73 Å². The molecule has 0 bridgehead atoms. The molecule has 0 aromatic carbocycles. The van der Waals surface area contributed by atoms with Gasteiger partial charge in [-0.05, 0) is 6.92 Å². The van der Waals surface area contributed by atoms with Crippen LogP contribution in [0.3, 0.4) is 0 Å².